The summed E-state index contributed by atoms with van der Waals surface area (Å²) in [4.78, 5) is 22.3. The molecule has 0 saturated carbocycles. The van der Waals surface area contributed by atoms with Gasteiger partial charge < -0.3 is 15.5 Å². The van der Waals surface area contributed by atoms with Crippen LogP contribution in [-0.4, -0.2) is 57.6 Å². The maximum atomic E-state index is 13.2. The number of piperidine rings is 1. The molecule has 158 valence electrons. The number of aryl methyl sites for hydroxylation is 1. The van der Waals surface area contributed by atoms with E-state index >= 15 is 0 Å². The van der Waals surface area contributed by atoms with Crippen LogP contribution in [0.15, 0.2) is 33.8 Å². The Bertz CT molecular complexity index is 1050. The molecule has 2 fully saturated rings. The van der Waals surface area contributed by atoms with Crippen molar-refractivity contribution in [2.24, 2.45) is 16.0 Å². The minimum absolute atomic E-state index is 0.0372. The number of aromatic nitrogens is 3. The number of nitrogens with zero attached hydrogens (tertiary/aromatic N) is 7. The third-order valence-electron chi connectivity index (χ3n) is 6.40. The molecule has 30 heavy (non-hydrogen) atoms. The number of carbonyl (C=O) groups excluding carboxylic acids is 1. The highest BCUT2D eigenvalue weighted by Crippen LogP contribution is 2.33. The van der Waals surface area contributed by atoms with Crippen molar-refractivity contribution in [1.82, 2.24) is 19.5 Å². The standard InChI is InChI=1S/C21H28N8O/c1-13-11-29-19(24-20(13)27-8-6-15(22)12-27)9-17(26-29)18-5-3-4-7-28(18)21(30)16-10-23-25-14(16)2/h9,11,15,18H,3-8,10,12,22H2,1-2H3/t15-,18-/m0/s1. The van der Waals surface area contributed by atoms with Gasteiger partial charge in [0.05, 0.1) is 29.6 Å². The van der Waals surface area contributed by atoms with Crippen LogP contribution in [0.1, 0.15) is 49.9 Å². The smallest absolute Gasteiger partial charge is 0.254 e. The quantitative estimate of drug-likeness (QED) is 0.839. The Kier molecular flexibility index (Phi) is 4.77. The molecule has 0 aromatic carbocycles. The first-order chi connectivity index (χ1) is 14.5. The van der Waals surface area contributed by atoms with E-state index in [1.54, 1.807) is 0 Å². The van der Waals surface area contributed by atoms with Gasteiger partial charge in [-0.1, -0.05) is 0 Å². The number of azo groups is 1. The summed E-state index contributed by atoms with van der Waals surface area (Å²) in [6.45, 7) is 6.79. The van der Waals surface area contributed by atoms with Crippen molar-refractivity contribution in [3.63, 3.8) is 0 Å². The molecule has 9 heteroatoms. The fourth-order valence-corrected chi connectivity index (χ4v) is 4.75. The second-order valence-electron chi connectivity index (χ2n) is 8.59. The number of amides is 1. The number of likely N-dealkylation sites (tertiary alicyclic amines) is 1. The number of allylic oxidation sites excluding steroid dienone is 1. The van der Waals surface area contributed by atoms with Crippen molar-refractivity contribution in [3.8, 4) is 0 Å². The van der Waals surface area contributed by atoms with Crippen LogP contribution in [0, 0.1) is 6.92 Å². The van der Waals surface area contributed by atoms with Gasteiger partial charge in [-0.05, 0) is 39.5 Å². The Labute approximate surface area is 175 Å². The number of hydrogen-bond donors (Lipinski definition) is 1. The van der Waals surface area contributed by atoms with Crippen molar-refractivity contribution in [1.29, 1.82) is 0 Å². The van der Waals surface area contributed by atoms with E-state index < -0.39 is 0 Å². The van der Waals surface area contributed by atoms with Gasteiger partial charge in [-0.25, -0.2) is 9.50 Å². The van der Waals surface area contributed by atoms with Crippen molar-refractivity contribution in [2.75, 3.05) is 31.1 Å². The zero-order chi connectivity index (χ0) is 20.8. The molecular weight excluding hydrogens is 380 g/mol. The lowest BCUT2D eigenvalue weighted by molar-refractivity contribution is -0.131. The van der Waals surface area contributed by atoms with Crippen LogP contribution in [0.4, 0.5) is 5.82 Å². The minimum atomic E-state index is -0.0437. The fraction of sp³-hybridized carbons (Fsp3) is 0.571. The van der Waals surface area contributed by atoms with Crippen molar-refractivity contribution >= 4 is 17.4 Å². The lowest BCUT2D eigenvalue weighted by atomic mass is 9.98. The molecule has 0 unspecified atom stereocenters. The van der Waals surface area contributed by atoms with Gasteiger partial charge in [0.2, 0.25) is 0 Å². The number of fused-ring (bicyclic) bond motifs is 1. The average Bonchev–Trinajstić information content (AvgIpc) is 3.46. The summed E-state index contributed by atoms with van der Waals surface area (Å²) in [5.74, 6) is 1.02. The molecule has 2 atom stereocenters. The molecule has 1 amide bonds. The zero-order valence-electron chi connectivity index (χ0n) is 17.6. The van der Waals surface area contributed by atoms with Gasteiger partial charge in [0, 0.05) is 43.5 Å². The minimum Gasteiger partial charge on any atom is -0.355 e. The third kappa shape index (κ3) is 3.27. The van der Waals surface area contributed by atoms with Crippen molar-refractivity contribution in [2.45, 2.75) is 51.6 Å². The highest BCUT2D eigenvalue weighted by Gasteiger charge is 2.33. The first-order valence-corrected chi connectivity index (χ1v) is 10.8. The maximum Gasteiger partial charge on any atom is 0.254 e. The molecule has 9 nitrogen and oxygen atoms in total. The monoisotopic (exact) mass is 408 g/mol. The summed E-state index contributed by atoms with van der Waals surface area (Å²) in [5, 5.41) is 12.9. The normalized spacial score (nSPS) is 24.5. The van der Waals surface area contributed by atoms with E-state index in [4.69, 9.17) is 15.8 Å². The summed E-state index contributed by atoms with van der Waals surface area (Å²) in [7, 11) is 0. The first-order valence-electron chi connectivity index (χ1n) is 10.8. The molecule has 5 rings (SSSR count). The van der Waals surface area contributed by atoms with Crippen LogP contribution in [0.3, 0.4) is 0 Å². The largest absolute Gasteiger partial charge is 0.355 e. The Morgan fingerprint density at radius 2 is 2.07 bits per heavy atom. The van der Waals surface area contributed by atoms with Gasteiger partial charge in [0.15, 0.2) is 5.65 Å². The Morgan fingerprint density at radius 1 is 1.20 bits per heavy atom. The highest BCUT2D eigenvalue weighted by molar-refractivity contribution is 5.95. The van der Waals surface area contributed by atoms with Gasteiger partial charge in [-0.2, -0.15) is 15.3 Å². The number of anilines is 1. The molecule has 0 radical (unpaired) electrons. The van der Waals surface area contributed by atoms with E-state index in [0.29, 0.717) is 12.1 Å². The summed E-state index contributed by atoms with van der Waals surface area (Å²) >= 11 is 0. The van der Waals surface area contributed by atoms with E-state index in [1.165, 1.54) is 0 Å². The molecule has 0 aliphatic carbocycles. The molecule has 2 aromatic rings. The van der Waals surface area contributed by atoms with Crippen LogP contribution >= 0.6 is 0 Å². The highest BCUT2D eigenvalue weighted by atomic mass is 16.2. The van der Waals surface area contributed by atoms with Gasteiger partial charge >= 0.3 is 0 Å². The van der Waals surface area contributed by atoms with Crippen molar-refractivity contribution < 1.29 is 4.79 Å². The number of rotatable bonds is 3. The predicted molar refractivity (Wildman–Crippen MR) is 113 cm³/mol. The molecule has 5 heterocycles. The van der Waals surface area contributed by atoms with Gasteiger partial charge in [-0.15, -0.1) is 0 Å². The molecule has 3 aliphatic heterocycles. The topological polar surface area (TPSA) is 104 Å². The number of carbonyl (C=O) groups is 1. The molecule has 2 N–H and O–H groups in total. The molecular formula is C21H28N8O. The van der Waals surface area contributed by atoms with E-state index in [1.807, 2.05) is 28.6 Å². The summed E-state index contributed by atoms with van der Waals surface area (Å²) in [5.41, 5.74) is 10.3. The summed E-state index contributed by atoms with van der Waals surface area (Å²) < 4.78 is 1.84. The molecule has 2 aromatic heterocycles. The molecule has 3 aliphatic rings. The lowest BCUT2D eigenvalue weighted by Crippen LogP contribution is -2.40. The lowest BCUT2D eigenvalue weighted by Gasteiger charge is -2.35. The molecule has 0 bridgehead atoms. The fourth-order valence-electron chi connectivity index (χ4n) is 4.75. The SMILES string of the molecule is CC1=C(C(=O)N2CCCC[C@H]2c2cc3nc(N4CC[C@H](N)C4)c(C)cn3n2)CN=N1. The zero-order valence-corrected chi connectivity index (χ0v) is 17.6. The van der Waals surface area contributed by atoms with Crippen LogP contribution in [0.25, 0.3) is 5.65 Å². The Balaban J connectivity index is 1.47. The molecule has 2 saturated heterocycles. The predicted octanol–water partition coefficient (Wildman–Crippen LogP) is 2.37. The van der Waals surface area contributed by atoms with Crippen LogP contribution < -0.4 is 10.6 Å². The third-order valence-corrected chi connectivity index (χ3v) is 6.40. The van der Waals surface area contributed by atoms with E-state index in [9.17, 15) is 4.79 Å². The Hall–Kier alpha value is -2.81. The Morgan fingerprint density at radius 3 is 2.80 bits per heavy atom. The second-order valence-corrected chi connectivity index (χ2v) is 8.59. The number of hydrogen-bond acceptors (Lipinski definition) is 7. The summed E-state index contributed by atoms with van der Waals surface area (Å²) in [6.07, 6.45) is 6.01. The van der Waals surface area contributed by atoms with Gasteiger partial charge in [-0.3, -0.25) is 4.79 Å². The van der Waals surface area contributed by atoms with Gasteiger partial charge in [0.25, 0.3) is 5.91 Å². The van der Waals surface area contributed by atoms with Crippen molar-refractivity contribution in [3.05, 3.63) is 34.8 Å². The van der Waals surface area contributed by atoms with Crippen LogP contribution in [0.5, 0.6) is 0 Å². The average molecular weight is 409 g/mol. The maximum absolute atomic E-state index is 13.2. The first kappa shape index (κ1) is 19.2. The van der Waals surface area contributed by atoms with E-state index in [0.717, 1.165) is 73.7 Å². The van der Waals surface area contributed by atoms with E-state index in [2.05, 4.69) is 22.1 Å². The van der Waals surface area contributed by atoms with Gasteiger partial charge in [0.1, 0.15) is 5.82 Å². The van der Waals surface area contributed by atoms with E-state index in [-0.39, 0.29) is 18.0 Å². The van der Waals surface area contributed by atoms with Crippen LogP contribution in [-0.2, 0) is 4.79 Å². The number of nitrogens with two attached hydrogens (primary N) is 1. The van der Waals surface area contributed by atoms with Crippen LogP contribution in [0.2, 0.25) is 0 Å². The molecule has 0 spiro atoms. The second kappa shape index (κ2) is 7.46. The summed E-state index contributed by atoms with van der Waals surface area (Å²) in [6, 6.07) is 2.19.